The fourth-order valence-electron chi connectivity index (χ4n) is 2.05. The Bertz CT molecular complexity index is 816. The Morgan fingerprint density at radius 1 is 1.10 bits per heavy atom. The summed E-state index contributed by atoms with van der Waals surface area (Å²) in [7, 11) is 0. The second-order valence-corrected chi connectivity index (χ2v) is 4.31. The molecule has 3 nitrogen and oxygen atoms in total. The number of aromatic nitrogens is 1. The predicted octanol–water partition coefficient (Wildman–Crippen LogP) is 3.99. The van der Waals surface area contributed by atoms with Crippen molar-refractivity contribution in [3.63, 3.8) is 0 Å². The van der Waals surface area contributed by atoms with Crippen molar-refractivity contribution >= 4 is 22.3 Å². The highest BCUT2D eigenvalue weighted by molar-refractivity contribution is 5.92. The number of rotatable bonds is 2. The molecule has 20 heavy (non-hydrogen) atoms. The number of nitrogens with one attached hydrogen (secondary N) is 1. The molecule has 0 saturated heterocycles. The summed E-state index contributed by atoms with van der Waals surface area (Å²) >= 11 is 0. The van der Waals surface area contributed by atoms with Crippen LogP contribution in [0.1, 0.15) is 5.56 Å². The fourth-order valence-corrected chi connectivity index (χ4v) is 2.05. The highest BCUT2D eigenvalue weighted by Crippen LogP contribution is 2.25. The number of nitrogens with zero attached hydrogens (tertiary/aromatic N) is 2. The zero-order valence-corrected chi connectivity index (χ0v) is 10.5. The Balaban J connectivity index is 2.02. The van der Waals surface area contributed by atoms with Crippen LogP contribution in [0.15, 0.2) is 54.7 Å². The summed E-state index contributed by atoms with van der Waals surface area (Å²) in [6.07, 6.45) is 1.73. The van der Waals surface area contributed by atoms with Gasteiger partial charge in [0.05, 0.1) is 11.1 Å². The van der Waals surface area contributed by atoms with Gasteiger partial charge in [0.1, 0.15) is 11.9 Å². The normalized spacial score (nSPS) is 10.2. The Morgan fingerprint density at radius 2 is 2.00 bits per heavy atom. The standard InChI is InChI=1S/C16H10FN3/c17-14-9-12(7-6-11(14)10-18)20-16-5-1-4-15-13(16)3-2-8-19-15/h1-9,20H. The van der Waals surface area contributed by atoms with E-state index in [1.165, 1.54) is 12.1 Å². The first-order chi connectivity index (χ1) is 9.78. The minimum Gasteiger partial charge on any atom is -0.355 e. The van der Waals surface area contributed by atoms with Crippen molar-refractivity contribution in [3.05, 3.63) is 66.1 Å². The number of anilines is 2. The molecule has 3 aromatic rings. The van der Waals surface area contributed by atoms with Crippen molar-refractivity contribution in [1.29, 1.82) is 5.26 Å². The van der Waals surface area contributed by atoms with Gasteiger partial charge in [-0.1, -0.05) is 6.07 Å². The van der Waals surface area contributed by atoms with Crippen LogP contribution in [-0.4, -0.2) is 4.98 Å². The van der Waals surface area contributed by atoms with Crippen LogP contribution in [0, 0.1) is 17.1 Å². The summed E-state index contributed by atoms with van der Waals surface area (Å²) < 4.78 is 13.6. The highest BCUT2D eigenvalue weighted by atomic mass is 19.1. The van der Waals surface area contributed by atoms with Gasteiger partial charge in [-0.25, -0.2) is 4.39 Å². The first-order valence-electron chi connectivity index (χ1n) is 6.08. The largest absolute Gasteiger partial charge is 0.355 e. The van der Waals surface area contributed by atoms with Gasteiger partial charge >= 0.3 is 0 Å². The third kappa shape index (κ3) is 2.17. The average Bonchev–Trinajstić information content (AvgIpc) is 2.48. The Kier molecular flexibility index (Phi) is 3.02. The van der Waals surface area contributed by atoms with Gasteiger partial charge in [0.15, 0.2) is 0 Å². The maximum absolute atomic E-state index is 13.6. The molecule has 0 amide bonds. The molecular formula is C16H10FN3. The minimum absolute atomic E-state index is 0.0372. The lowest BCUT2D eigenvalue weighted by atomic mass is 10.1. The molecule has 96 valence electrons. The number of pyridine rings is 1. The van der Waals surface area contributed by atoms with E-state index in [4.69, 9.17) is 5.26 Å². The van der Waals surface area contributed by atoms with Crippen molar-refractivity contribution in [2.75, 3.05) is 5.32 Å². The molecule has 0 fully saturated rings. The fraction of sp³-hybridized carbons (Fsp3) is 0. The Hall–Kier alpha value is -2.93. The van der Waals surface area contributed by atoms with Crippen molar-refractivity contribution in [2.45, 2.75) is 0 Å². The van der Waals surface area contributed by atoms with Gasteiger partial charge in [0.25, 0.3) is 0 Å². The number of fused-ring (bicyclic) bond motifs is 1. The summed E-state index contributed by atoms with van der Waals surface area (Å²) in [5.74, 6) is -0.532. The van der Waals surface area contributed by atoms with Crippen LogP contribution in [0.25, 0.3) is 10.9 Å². The topological polar surface area (TPSA) is 48.7 Å². The second kappa shape index (κ2) is 4.98. The van der Waals surface area contributed by atoms with Crippen molar-refractivity contribution in [2.24, 2.45) is 0 Å². The van der Waals surface area contributed by atoms with E-state index >= 15 is 0 Å². The van der Waals surface area contributed by atoms with E-state index in [2.05, 4.69) is 10.3 Å². The van der Waals surface area contributed by atoms with Crippen LogP contribution in [0.4, 0.5) is 15.8 Å². The molecule has 4 heteroatoms. The monoisotopic (exact) mass is 263 g/mol. The summed E-state index contributed by atoms with van der Waals surface area (Å²) in [5, 5.41) is 12.8. The smallest absolute Gasteiger partial charge is 0.143 e. The van der Waals surface area contributed by atoms with E-state index in [0.29, 0.717) is 5.69 Å². The first kappa shape index (κ1) is 12.1. The lowest BCUT2D eigenvalue weighted by molar-refractivity contribution is 0.624. The van der Waals surface area contributed by atoms with Gasteiger partial charge in [-0.2, -0.15) is 5.26 Å². The van der Waals surface area contributed by atoms with Crippen LogP contribution in [0.3, 0.4) is 0 Å². The zero-order chi connectivity index (χ0) is 13.9. The minimum atomic E-state index is -0.532. The number of halogens is 1. The van der Waals surface area contributed by atoms with E-state index in [-0.39, 0.29) is 5.56 Å². The highest BCUT2D eigenvalue weighted by Gasteiger charge is 2.05. The number of nitriles is 1. The molecule has 0 aliphatic rings. The number of hydrogen-bond acceptors (Lipinski definition) is 3. The molecular weight excluding hydrogens is 253 g/mol. The quantitative estimate of drug-likeness (QED) is 0.760. The zero-order valence-electron chi connectivity index (χ0n) is 10.5. The lowest BCUT2D eigenvalue weighted by Gasteiger charge is -2.09. The number of hydrogen-bond donors (Lipinski definition) is 1. The van der Waals surface area contributed by atoms with Gasteiger partial charge in [-0.05, 0) is 42.5 Å². The molecule has 0 aliphatic carbocycles. The van der Waals surface area contributed by atoms with E-state index < -0.39 is 5.82 Å². The van der Waals surface area contributed by atoms with Crippen molar-refractivity contribution in [3.8, 4) is 6.07 Å². The van der Waals surface area contributed by atoms with Gasteiger partial charge in [-0.3, -0.25) is 4.98 Å². The molecule has 0 spiro atoms. The molecule has 1 heterocycles. The third-order valence-electron chi connectivity index (χ3n) is 3.01. The summed E-state index contributed by atoms with van der Waals surface area (Å²) in [6.45, 7) is 0. The maximum Gasteiger partial charge on any atom is 0.143 e. The van der Waals surface area contributed by atoms with E-state index in [1.54, 1.807) is 18.3 Å². The predicted molar refractivity (Wildman–Crippen MR) is 76.1 cm³/mol. The van der Waals surface area contributed by atoms with Crippen LogP contribution >= 0.6 is 0 Å². The third-order valence-corrected chi connectivity index (χ3v) is 3.01. The van der Waals surface area contributed by atoms with E-state index in [9.17, 15) is 4.39 Å². The van der Waals surface area contributed by atoms with Crippen LogP contribution in [0.2, 0.25) is 0 Å². The summed E-state index contributed by atoms with van der Waals surface area (Å²) in [5.41, 5.74) is 2.35. The van der Waals surface area contributed by atoms with E-state index in [1.807, 2.05) is 30.3 Å². The Morgan fingerprint density at radius 3 is 2.80 bits per heavy atom. The molecule has 1 aromatic heterocycles. The molecule has 3 rings (SSSR count). The summed E-state index contributed by atoms with van der Waals surface area (Å²) in [6, 6.07) is 15.8. The number of benzene rings is 2. The molecule has 1 N–H and O–H groups in total. The maximum atomic E-state index is 13.6. The molecule has 0 atom stereocenters. The Labute approximate surface area is 115 Å². The summed E-state index contributed by atoms with van der Waals surface area (Å²) in [4.78, 5) is 4.27. The van der Waals surface area contributed by atoms with E-state index in [0.717, 1.165) is 16.6 Å². The van der Waals surface area contributed by atoms with Gasteiger partial charge in [0.2, 0.25) is 0 Å². The van der Waals surface area contributed by atoms with Gasteiger partial charge < -0.3 is 5.32 Å². The van der Waals surface area contributed by atoms with Crippen molar-refractivity contribution in [1.82, 2.24) is 4.98 Å². The van der Waals surface area contributed by atoms with Crippen LogP contribution in [0.5, 0.6) is 0 Å². The van der Waals surface area contributed by atoms with Crippen LogP contribution in [-0.2, 0) is 0 Å². The van der Waals surface area contributed by atoms with Crippen LogP contribution < -0.4 is 5.32 Å². The molecule has 0 bridgehead atoms. The SMILES string of the molecule is N#Cc1ccc(Nc2cccc3ncccc23)cc1F. The molecule has 2 aromatic carbocycles. The molecule has 0 saturated carbocycles. The van der Waals surface area contributed by atoms with Gasteiger partial charge in [0, 0.05) is 23.0 Å². The average molecular weight is 263 g/mol. The lowest BCUT2D eigenvalue weighted by Crippen LogP contribution is -1.94. The van der Waals surface area contributed by atoms with Crippen molar-refractivity contribution < 1.29 is 4.39 Å². The molecule has 0 unspecified atom stereocenters. The van der Waals surface area contributed by atoms with Gasteiger partial charge in [-0.15, -0.1) is 0 Å². The second-order valence-electron chi connectivity index (χ2n) is 4.31. The molecule has 0 radical (unpaired) electrons. The first-order valence-corrected chi connectivity index (χ1v) is 6.08. The molecule has 0 aliphatic heterocycles.